The number of ketones is 1. The topological polar surface area (TPSA) is 29.1 Å². The molecule has 0 aromatic heterocycles. The first kappa shape index (κ1) is 11.7. The van der Waals surface area contributed by atoms with Gasteiger partial charge in [-0.05, 0) is 44.2 Å². The lowest BCUT2D eigenvalue weighted by Crippen LogP contribution is -2.52. The fourth-order valence-electron chi connectivity index (χ4n) is 2.78. The van der Waals surface area contributed by atoms with Gasteiger partial charge in [0.25, 0.3) is 0 Å². The third-order valence-corrected chi connectivity index (χ3v) is 4.24. The van der Waals surface area contributed by atoms with Crippen LogP contribution in [0.3, 0.4) is 0 Å². The zero-order valence-electron chi connectivity index (χ0n) is 10.1. The lowest BCUT2D eigenvalue weighted by molar-refractivity contribution is -0.130. The van der Waals surface area contributed by atoms with Gasteiger partial charge in [0.15, 0.2) is 0 Å². The summed E-state index contributed by atoms with van der Waals surface area (Å²) in [7, 11) is 2.00. The van der Waals surface area contributed by atoms with Crippen LogP contribution >= 0.6 is 0 Å². The van der Waals surface area contributed by atoms with Crippen molar-refractivity contribution in [1.29, 1.82) is 0 Å². The van der Waals surface area contributed by atoms with Gasteiger partial charge in [0.05, 0.1) is 0 Å². The molecular formula is C12H23NO. The highest BCUT2D eigenvalue weighted by atomic mass is 16.1. The van der Waals surface area contributed by atoms with E-state index in [0.717, 1.165) is 12.5 Å². The van der Waals surface area contributed by atoms with Crippen LogP contribution in [-0.4, -0.2) is 19.4 Å². The van der Waals surface area contributed by atoms with E-state index in [4.69, 9.17) is 0 Å². The third-order valence-electron chi connectivity index (χ3n) is 4.24. The summed E-state index contributed by atoms with van der Waals surface area (Å²) in [6, 6.07) is 0. The molecule has 3 atom stereocenters. The number of Topliss-reactive ketones (excluding diaryl/α,β-unsaturated/α-hetero) is 1. The predicted molar refractivity (Wildman–Crippen MR) is 59.1 cm³/mol. The maximum absolute atomic E-state index is 11.3. The molecule has 3 unspecified atom stereocenters. The maximum atomic E-state index is 11.3. The molecule has 2 heteroatoms. The zero-order valence-corrected chi connectivity index (χ0v) is 10.1. The second-order valence-electron chi connectivity index (χ2n) is 5.32. The summed E-state index contributed by atoms with van der Waals surface area (Å²) in [5, 5.41) is 3.23. The number of hydrogen-bond acceptors (Lipinski definition) is 2. The van der Waals surface area contributed by atoms with Crippen molar-refractivity contribution in [3.05, 3.63) is 0 Å². The second kappa shape index (κ2) is 4.01. The zero-order chi connectivity index (χ0) is 10.9. The second-order valence-corrected chi connectivity index (χ2v) is 5.32. The lowest BCUT2D eigenvalue weighted by atomic mass is 9.51. The molecule has 0 heterocycles. The van der Waals surface area contributed by atoms with E-state index in [9.17, 15) is 4.79 Å². The Labute approximate surface area is 87.5 Å². The Kier molecular flexibility index (Phi) is 3.36. The molecule has 1 rings (SSSR count). The van der Waals surface area contributed by atoms with Crippen LogP contribution in [0.4, 0.5) is 0 Å². The molecule has 0 radical (unpaired) electrons. The van der Waals surface area contributed by atoms with E-state index in [-0.39, 0.29) is 5.92 Å². The molecule has 0 aromatic carbocycles. The average molecular weight is 197 g/mol. The molecule has 1 saturated carbocycles. The van der Waals surface area contributed by atoms with Crippen molar-refractivity contribution in [2.75, 3.05) is 13.6 Å². The van der Waals surface area contributed by atoms with Gasteiger partial charge in [0.1, 0.15) is 5.78 Å². The number of carbonyl (C=O) groups excluding carboxylic acids is 1. The van der Waals surface area contributed by atoms with Crippen molar-refractivity contribution in [3.63, 3.8) is 0 Å². The van der Waals surface area contributed by atoms with E-state index >= 15 is 0 Å². The first-order chi connectivity index (χ1) is 6.41. The molecule has 2 nitrogen and oxygen atoms in total. The molecule has 0 saturated heterocycles. The Morgan fingerprint density at radius 1 is 1.57 bits per heavy atom. The molecule has 14 heavy (non-hydrogen) atoms. The lowest BCUT2D eigenvalue weighted by Gasteiger charge is -2.54. The summed E-state index contributed by atoms with van der Waals surface area (Å²) in [6.45, 7) is 9.45. The van der Waals surface area contributed by atoms with E-state index < -0.39 is 0 Å². The van der Waals surface area contributed by atoms with Crippen molar-refractivity contribution >= 4 is 5.78 Å². The summed E-state index contributed by atoms with van der Waals surface area (Å²) < 4.78 is 0. The minimum absolute atomic E-state index is 0.234. The van der Waals surface area contributed by atoms with Crippen LogP contribution in [0.15, 0.2) is 0 Å². The Bertz CT molecular complexity index is 222. The molecule has 0 amide bonds. The van der Waals surface area contributed by atoms with Crippen molar-refractivity contribution in [3.8, 4) is 0 Å². The maximum Gasteiger partial charge on any atom is 0.132 e. The fourth-order valence-corrected chi connectivity index (χ4v) is 2.78. The summed E-state index contributed by atoms with van der Waals surface area (Å²) in [4.78, 5) is 11.3. The minimum atomic E-state index is 0.234. The highest BCUT2D eigenvalue weighted by Crippen LogP contribution is 2.54. The Hall–Kier alpha value is -0.370. The van der Waals surface area contributed by atoms with Crippen molar-refractivity contribution in [2.24, 2.45) is 23.2 Å². The average Bonchev–Trinajstić information content (AvgIpc) is 2.10. The highest BCUT2D eigenvalue weighted by Gasteiger charge is 2.50. The fraction of sp³-hybridized carbons (Fsp3) is 0.917. The molecule has 82 valence electrons. The smallest absolute Gasteiger partial charge is 0.132 e. The summed E-state index contributed by atoms with van der Waals surface area (Å²) in [6.07, 6.45) is 1.20. The predicted octanol–water partition coefficient (Wildman–Crippen LogP) is 2.09. The van der Waals surface area contributed by atoms with Crippen LogP contribution in [0, 0.1) is 23.2 Å². The molecule has 1 fully saturated rings. The van der Waals surface area contributed by atoms with Gasteiger partial charge in [-0.2, -0.15) is 0 Å². The standard InChI is InChI=1S/C12H23NO/c1-8(9(2)14)11-6-10(7-13-5)12(11,3)4/h8,10-11,13H,6-7H2,1-5H3. The van der Waals surface area contributed by atoms with Crippen LogP contribution in [0.5, 0.6) is 0 Å². The van der Waals surface area contributed by atoms with Crippen LogP contribution in [-0.2, 0) is 4.79 Å². The Morgan fingerprint density at radius 3 is 2.50 bits per heavy atom. The monoisotopic (exact) mass is 197 g/mol. The van der Waals surface area contributed by atoms with E-state index in [2.05, 4.69) is 26.1 Å². The van der Waals surface area contributed by atoms with Gasteiger partial charge in [-0.3, -0.25) is 4.79 Å². The van der Waals surface area contributed by atoms with Gasteiger partial charge in [-0.15, -0.1) is 0 Å². The van der Waals surface area contributed by atoms with Gasteiger partial charge in [0, 0.05) is 5.92 Å². The van der Waals surface area contributed by atoms with Gasteiger partial charge in [0.2, 0.25) is 0 Å². The van der Waals surface area contributed by atoms with Crippen molar-refractivity contribution in [2.45, 2.75) is 34.1 Å². The summed E-state index contributed by atoms with van der Waals surface area (Å²) >= 11 is 0. The molecule has 1 aliphatic rings. The molecule has 1 N–H and O–H groups in total. The molecule has 0 aromatic rings. The third kappa shape index (κ3) is 1.85. The van der Waals surface area contributed by atoms with Crippen LogP contribution in [0.2, 0.25) is 0 Å². The summed E-state index contributed by atoms with van der Waals surface area (Å²) in [5.41, 5.74) is 0.327. The molecular weight excluding hydrogens is 174 g/mol. The number of carbonyl (C=O) groups is 1. The number of nitrogens with one attached hydrogen (secondary N) is 1. The normalized spacial score (nSPS) is 32.1. The van der Waals surface area contributed by atoms with Gasteiger partial charge in [-0.25, -0.2) is 0 Å². The van der Waals surface area contributed by atoms with E-state index in [0.29, 0.717) is 17.1 Å². The van der Waals surface area contributed by atoms with Gasteiger partial charge in [-0.1, -0.05) is 20.8 Å². The molecule has 0 spiro atoms. The first-order valence-electron chi connectivity index (χ1n) is 5.56. The van der Waals surface area contributed by atoms with E-state index in [1.807, 2.05) is 7.05 Å². The van der Waals surface area contributed by atoms with Crippen LogP contribution in [0.25, 0.3) is 0 Å². The van der Waals surface area contributed by atoms with Gasteiger partial charge < -0.3 is 5.32 Å². The SMILES string of the molecule is CNCC1CC(C(C)C(C)=O)C1(C)C. The van der Waals surface area contributed by atoms with Crippen molar-refractivity contribution in [1.82, 2.24) is 5.32 Å². The van der Waals surface area contributed by atoms with E-state index in [1.165, 1.54) is 6.42 Å². The quantitative estimate of drug-likeness (QED) is 0.747. The van der Waals surface area contributed by atoms with Gasteiger partial charge >= 0.3 is 0 Å². The molecule has 0 bridgehead atoms. The van der Waals surface area contributed by atoms with Crippen LogP contribution in [0.1, 0.15) is 34.1 Å². The van der Waals surface area contributed by atoms with Crippen LogP contribution < -0.4 is 5.32 Å². The molecule has 1 aliphatic carbocycles. The first-order valence-corrected chi connectivity index (χ1v) is 5.56. The van der Waals surface area contributed by atoms with Crippen molar-refractivity contribution < 1.29 is 4.79 Å². The Balaban J connectivity index is 2.58. The number of rotatable bonds is 4. The molecule has 0 aliphatic heterocycles. The largest absolute Gasteiger partial charge is 0.319 e. The number of hydrogen-bond donors (Lipinski definition) is 1. The highest BCUT2D eigenvalue weighted by molar-refractivity contribution is 5.78. The Morgan fingerprint density at radius 2 is 2.14 bits per heavy atom. The minimum Gasteiger partial charge on any atom is -0.319 e. The van der Waals surface area contributed by atoms with E-state index in [1.54, 1.807) is 6.92 Å². The summed E-state index contributed by atoms with van der Waals surface area (Å²) in [5.74, 6) is 1.89.